The minimum atomic E-state index is -2.91. The molecule has 1 N–H and O–H groups in total. The first-order valence-corrected chi connectivity index (χ1v) is 7.11. The van der Waals surface area contributed by atoms with Gasteiger partial charge in [-0.1, -0.05) is 0 Å². The van der Waals surface area contributed by atoms with Gasteiger partial charge in [-0.3, -0.25) is 0 Å². The van der Waals surface area contributed by atoms with E-state index in [1.54, 1.807) is 0 Å². The molecule has 0 amide bonds. The maximum absolute atomic E-state index is 11.7. The van der Waals surface area contributed by atoms with Gasteiger partial charge in [0, 0.05) is 12.6 Å². The van der Waals surface area contributed by atoms with Crippen LogP contribution in [0.3, 0.4) is 0 Å². The summed E-state index contributed by atoms with van der Waals surface area (Å²) >= 11 is 0. The maximum Gasteiger partial charge on any atom is 0.261 e. The SMILES string of the molecule is O=S1(=O)CCCC(NCCOCC(F)F)C1. The molecule has 1 heterocycles. The number of hydrogen-bond donors (Lipinski definition) is 1. The third-order valence-corrected chi connectivity index (χ3v) is 4.21. The fraction of sp³-hybridized carbons (Fsp3) is 1.00. The molecule has 1 unspecified atom stereocenters. The Balaban J connectivity index is 2.09. The minimum Gasteiger partial charge on any atom is -0.374 e. The van der Waals surface area contributed by atoms with E-state index in [2.05, 4.69) is 10.1 Å². The Bertz CT molecular complexity index is 295. The van der Waals surface area contributed by atoms with Gasteiger partial charge in [0.25, 0.3) is 6.43 Å². The second kappa shape index (κ2) is 6.46. The lowest BCUT2D eigenvalue weighted by molar-refractivity contribution is 0.0183. The molecule has 0 aliphatic carbocycles. The van der Waals surface area contributed by atoms with Gasteiger partial charge in [-0.25, -0.2) is 17.2 Å². The Hall–Kier alpha value is -0.270. The first-order valence-electron chi connectivity index (χ1n) is 5.29. The Morgan fingerprint density at radius 3 is 2.81 bits per heavy atom. The predicted octanol–water partition coefficient (Wildman–Crippen LogP) is 0.435. The Kier molecular flexibility index (Phi) is 5.57. The maximum atomic E-state index is 11.7. The van der Waals surface area contributed by atoms with E-state index in [1.807, 2.05) is 0 Å². The van der Waals surface area contributed by atoms with Gasteiger partial charge in [0.2, 0.25) is 0 Å². The summed E-state index contributed by atoms with van der Waals surface area (Å²) in [6.07, 6.45) is -0.971. The molecule has 1 saturated heterocycles. The van der Waals surface area contributed by atoms with E-state index >= 15 is 0 Å². The van der Waals surface area contributed by atoms with Crippen LogP contribution < -0.4 is 5.32 Å². The average molecular weight is 257 g/mol. The van der Waals surface area contributed by atoms with Crippen molar-refractivity contribution in [1.82, 2.24) is 5.32 Å². The molecule has 7 heteroatoms. The van der Waals surface area contributed by atoms with E-state index in [1.165, 1.54) is 0 Å². The van der Waals surface area contributed by atoms with Gasteiger partial charge in [0.1, 0.15) is 6.61 Å². The summed E-state index contributed by atoms with van der Waals surface area (Å²) in [5.74, 6) is 0.398. The highest BCUT2D eigenvalue weighted by atomic mass is 32.2. The average Bonchev–Trinajstić information content (AvgIpc) is 2.15. The summed E-state index contributed by atoms with van der Waals surface area (Å²) in [5, 5.41) is 3.00. The van der Waals surface area contributed by atoms with Crippen LogP contribution in [0.4, 0.5) is 8.78 Å². The summed E-state index contributed by atoms with van der Waals surface area (Å²) in [7, 11) is -2.91. The topological polar surface area (TPSA) is 55.4 Å². The summed E-state index contributed by atoms with van der Waals surface area (Å²) in [6.45, 7) is 0.0262. The van der Waals surface area contributed by atoms with Crippen molar-refractivity contribution in [3.63, 3.8) is 0 Å². The smallest absolute Gasteiger partial charge is 0.261 e. The van der Waals surface area contributed by atoms with Gasteiger partial charge >= 0.3 is 0 Å². The lowest BCUT2D eigenvalue weighted by Gasteiger charge is -2.22. The fourth-order valence-electron chi connectivity index (χ4n) is 1.69. The normalized spacial score (nSPS) is 24.8. The number of hydrogen-bond acceptors (Lipinski definition) is 4. The van der Waals surface area contributed by atoms with Crippen LogP contribution in [0.1, 0.15) is 12.8 Å². The number of halogens is 2. The Morgan fingerprint density at radius 2 is 2.19 bits per heavy atom. The molecule has 0 spiro atoms. The van der Waals surface area contributed by atoms with Crippen molar-refractivity contribution in [2.45, 2.75) is 25.3 Å². The summed E-state index contributed by atoms with van der Waals surface area (Å²) in [6, 6.07) is -0.0612. The third-order valence-electron chi connectivity index (χ3n) is 2.39. The summed E-state index contributed by atoms with van der Waals surface area (Å²) in [5.41, 5.74) is 0. The zero-order valence-electron chi connectivity index (χ0n) is 8.99. The van der Waals surface area contributed by atoms with Crippen molar-refractivity contribution < 1.29 is 21.9 Å². The molecule has 0 saturated carbocycles. The lowest BCUT2D eigenvalue weighted by atomic mass is 10.2. The van der Waals surface area contributed by atoms with Gasteiger partial charge in [0.05, 0.1) is 18.1 Å². The predicted molar refractivity (Wildman–Crippen MR) is 56.5 cm³/mol. The monoisotopic (exact) mass is 257 g/mol. The molecule has 0 aromatic heterocycles. The highest BCUT2D eigenvalue weighted by Crippen LogP contribution is 2.11. The van der Waals surface area contributed by atoms with Crippen molar-refractivity contribution in [2.75, 3.05) is 31.3 Å². The molecule has 1 aliphatic heterocycles. The number of sulfone groups is 1. The number of rotatable bonds is 6. The summed E-state index contributed by atoms with van der Waals surface area (Å²) in [4.78, 5) is 0. The van der Waals surface area contributed by atoms with Crippen LogP contribution in [-0.4, -0.2) is 52.1 Å². The van der Waals surface area contributed by atoms with Crippen LogP contribution in [0.5, 0.6) is 0 Å². The quantitative estimate of drug-likeness (QED) is 0.701. The van der Waals surface area contributed by atoms with Crippen LogP contribution in [-0.2, 0) is 14.6 Å². The van der Waals surface area contributed by atoms with E-state index in [0.717, 1.165) is 6.42 Å². The zero-order valence-corrected chi connectivity index (χ0v) is 9.81. The molecule has 0 aromatic carbocycles. The second-order valence-corrected chi connectivity index (χ2v) is 6.10. The van der Waals surface area contributed by atoms with Crippen LogP contribution in [0, 0.1) is 0 Å². The molecule has 16 heavy (non-hydrogen) atoms. The first-order chi connectivity index (χ1) is 7.49. The molecular weight excluding hydrogens is 240 g/mol. The van der Waals surface area contributed by atoms with Gasteiger partial charge in [-0.05, 0) is 12.8 Å². The second-order valence-electron chi connectivity index (χ2n) is 3.87. The van der Waals surface area contributed by atoms with E-state index in [0.29, 0.717) is 13.0 Å². The van der Waals surface area contributed by atoms with Crippen LogP contribution in [0.15, 0.2) is 0 Å². The number of nitrogens with one attached hydrogen (secondary N) is 1. The molecule has 0 bridgehead atoms. The van der Waals surface area contributed by atoms with Gasteiger partial charge in [-0.2, -0.15) is 0 Å². The van der Waals surface area contributed by atoms with Crippen molar-refractivity contribution in [2.24, 2.45) is 0 Å². The lowest BCUT2D eigenvalue weighted by Crippen LogP contribution is -2.41. The highest BCUT2D eigenvalue weighted by Gasteiger charge is 2.23. The molecule has 1 aliphatic rings. The standard InChI is InChI=1S/C9H17F2NO3S/c10-9(11)6-15-4-3-12-8-2-1-5-16(13,14)7-8/h8-9,12H,1-7H2. The van der Waals surface area contributed by atoms with Crippen LogP contribution in [0.25, 0.3) is 0 Å². The van der Waals surface area contributed by atoms with Crippen molar-refractivity contribution in [3.8, 4) is 0 Å². The first kappa shape index (κ1) is 13.8. The van der Waals surface area contributed by atoms with Crippen molar-refractivity contribution in [3.05, 3.63) is 0 Å². The van der Waals surface area contributed by atoms with Gasteiger partial charge in [-0.15, -0.1) is 0 Å². The number of alkyl halides is 2. The molecule has 1 rings (SSSR count). The zero-order chi connectivity index (χ0) is 12.0. The van der Waals surface area contributed by atoms with E-state index in [-0.39, 0.29) is 24.2 Å². The fourth-order valence-corrected chi connectivity index (χ4v) is 3.36. The van der Waals surface area contributed by atoms with Crippen molar-refractivity contribution in [1.29, 1.82) is 0 Å². The van der Waals surface area contributed by atoms with Crippen LogP contribution in [0.2, 0.25) is 0 Å². The Morgan fingerprint density at radius 1 is 1.44 bits per heavy atom. The number of ether oxygens (including phenoxy) is 1. The van der Waals surface area contributed by atoms with Gasteiger partial charge in [0.15, 0.2) is 9.84 Å². The highest BCUT2D eigenvalue weighted by molar-refractivity contribution is 7.91. The summed E-state index contributed by atoms with van der Waals surface area (Å²) < 4.78 is 50.6. The molecule has 1 atom stereocenters. The van der Waals surface area contributed by atoms with E-state index in [4.69, 9.17) is 0 Å². The van der Waals surface area contributed by atoms with Crippen LogP contribution >= 0.6 is 0 Å². The Labute approximate surface area is 94.3 Å². The largest absolute Gasteiger partial charge is 0.374 e. The van der Waals surface area contributed by atoms with Gasteiger partial charge < -0.3 is 10.1 Å². The van der Waals surface area contributed by atoms with E-state index in [9.17, 15) is 17.2 Å². The van der Waals surface area contributed by atoms with Crippen molar-refractivity contribution >= 4 is 9.84 Å². The van der Waals surface area contributed by atoms with E-state index < -0.39 is 22.9 Å². The molecule has 0 aromatic rings. The molecule has 1 fully saturated rings. The molecular formula is C9H17F2NO3S. The minimum absolute atomic E-state index is 0.0612. The molecule has 4 nitrogen and oxygen atoms in total. The molecule has 96 valence electrons. The third kappa shape index (κ3) is 5.72. The molecule has 0 radical (unpaired) electrons.